The summed E-state index contributed by atoms with van der Waals surface area (Å²) in [5, 5.41) is 3.33. The van der Waals surface area contributed by atoms with Crippen LogP contribution in [0.1, 0.15) is 51.5 Å². The summed E-state index contributed by atoms with van der Waals surface area (Å²) in [6.45, 7) is 4.28. The van der Waals surface area contributed by atoms with Gasteiger partial charge in [0.1, 0.15) is 0 Å². The molecule has 1 saturated carbocycles. The van der Waals surface area contributed by atoms with E-state index in [0.29, 0.717) is 12.0 Å². The molecule has 1 N–H and O–H groups in total. The summed E-state index contributed by atoms with van der Waals surface area (Å²) in [6, 6.07) is 10.8. The van der Waals surface area contributed by atoms with Crippen LogP contribution in [0.4, 0.5) is 0 Å². The molecule has 1 atom stereocenters. The van der Waals surface area contributed by atoms with Crippen LogP contribution in [-0.2, 0) is 10.5 Å². The van der Waals surface area contributed by atoms with Gasteiger partial charge >= 0.3 is 0 Å². The molecule has 116 valence electrons. The zero-order valence-electron chi connectivity index (χ0n) is 13.2. The fourth-order valence-corrected chi connectivity index (χ4v) is 4.03. The molecule has 2 rings (SSSR count). The van der Waals surface area contributed by atoms with Gasteiger partial charge in [-0.1, -0.05) is 63.4 Å². The second-order valence-electron chi connectivity index (χ2n) is 6.30. The van der Waals surface area contributed by atoms with Gasteiger partial charge in [-0.15, -0.1) is 11.8 Å². The molecule has 1 amide bonds. The standard InChI is InChI=1S/C18H27NOS/c1-14(2)17(21-13-15-9-5-3-6-10-15)18(20)19-16-11-7-4-8-12-16/h3,5-6,9-10,14,16-17H,4,7-8,11-13H2,1-2H3,(H,19,20). The van der Waals surface area contributed by atoms with Gasteiger partial charge in [0.2, 0.25) is 5.91 Å². The SMILES string of the molecule is CC(C)C(SCc1ccccc1)C(=O)NC1CCCCC1. The normalized spacial score (nSPS) is 17.7. The van der Waals surface area contributed by atoms with Crippen LogP contribution in [0.5, 0.6) is 0 Å². The van der Waals surface area contributed by atoms with Crippen LogP contribution in [-0.4, -0.2) is 17.2 Å². The van der Waals surface area contributed by atoms with Crippen molar-refractivity contribution < 1.29 is 4.79 Å². The minimum absolute atomic E-state index is 0.0483. The van der Waals surface area contributed by atoms with Crippen LogP contribution in [0.2, 0.25) is 0 Å². The summed E-state index contributed by atoms with van der Waals surface area (Å²) >= 11 is 1.77. The van der Waals surface area contributed by atoms with E-state index in [1.165, 1.54) is 24.8 Å². The molecule has 1 aromatic rings. The topological polar surface area (TPSA) is 29.1 Å². The maximum atomic E-state index is 12.5. The third-order valence-corrected chi connectivity index (χ3v) is 5.71. The van der Waals surface area contributed by atoms with Crippen LogP contribution in [0.15, 0.2) is 30.3 Å². The van der Waals surface area contributed by atoms with Gasteiger partial charge in [-0.3, -0.25) is 4.79 Å². The molecule has 1 fully saturated rings. The Morgan fingerprint density at radius 2 is 1.86 bits per heavy atom. The highest BCUT2D eigenvalue weighted by atomic mass is 32.2. The third-order valence-electron chi connectivity index (χ3n) is 4.09. The van der Waals surface area contributed by atoms with E-state index in [0.717, 1.165) is 18.6 Å². The van der Waals surface area contributed by atoms with Crippen LogP contribution in [0.3, 0.4) is 0 Å². The molecule has 1 aliphatic carbocycles. The smallest absolute Gasteiger partial charge is 0.233 e. The Kier molecular flexibility index (Phi) is 6.62. The lowest BCUT2D eigenvalue weighted by molar-refractivity contribution is -0.122. The zero-order valence-corrected chi connectivity index (χ0v) is 14.0. The molecule has 0 saturated heterocycles. The van der Waals surface area contributed by atoms with Crippen molar-refractivity contribution in [2.45, 2.75) is 63.0 Å². The Balaban J connectivity index is 1.86. The fraction of sp³-hybridized carbons (Fsp3) is 0.611. The van der Waals surface area contributed by atoms with Gasteiger partial charge in [0, 0.05) is 11.8 Å². The molecular weight excluding hydrogens is 278 g/mol. The molecule has 1 aliphatic rings. The first-order valence-corrected chi connectivity index (χ1v) is 9.17. The van der Waals surface area contributed by atoms with Gasteiger partial charge in [0.15, 0.2) is 0 Å². The van der Waals surface area contributed by atoms with Crippen LogP contribution in [0, 0.1) is 5.92 Å². The summed E-state index contributed by atoms with van der Waals surface area (Å²) in [5.41, 5.74) is 1.29. The van der Waals surface area contributed by atoms with E-state index < -0.39 is 0 Å². The number of carbonyl (C=O) groups is 1. The number of benzene rings is 1. The van der Waals surface area contributed by atoms with E-state index in [1.807, 2.05) is 6.07 Å². The second kappa shape index (κ2) is 8.47. The van der Waals surface area contributed by atoms with Crippen LogP contribution >= 0.6 is 11.8 Å². The van der Waals surface area contributed by atoms with Crippen LogP contribution < -0.4 is 5.32 Å². The average Bonchev–Trinajstić information content (AvgIpc) is 2.49. The molecule has 1 unspecified atom stereocenters. The molecule has 0 spiro atoms. The number of hydrogen-bond donors (Lipinski definition) is 1. The summed E-state index contributed by atoms with van der Waals surface area (Å²) in [4.78, 5) is 12.5. The van der Waals surface area contributed by atoms with Crippen LogP contribution in [0.25, 0.3) is 0 Å². The van der Waals surface area contributed by atoms with Gasteiger partial charge in [0.05, 0.1) is 5.25 Å². The highest BCUT2D eigenvalue weighted by Gasteiger charge is 2.25. The Morgan fingerprint density at radius 1 is 1.19 bits per heavy atom. The first-order valence-electron chi connectivity index (χ1n) is 8.12. The van der Waals surface area contributed by atoms with Crippen molar-refractivity contribution in [3.05, 3.63) is 35.9 Å². The molecule has 3 heteroatoms. The number of carbonyl (C=O) groups excluding carboxylic acids is 1. The molecule has 2 nitrogen and oxygen atoms in total. The molecule has 0 aromatic heterocycles. The number of nitrogens with one attached hydrogen (secondary N) is 1. The maximum absolute atomic E-state index is 12.5. The maximum Gasteiger partial charge on any atom is 0.233 e. The summed E-state index contributed by atoms with van der Waals surface area (Å²) in [5.74, 6) is 1.50. The van der Waals surface area contributed by atoms with Gasteiger partial charge in [-0.2, -0.15) is 0 Å². The highest BCUT2D eigenvalue weighted by Crippen LogP contribution is 2.25. The van der Waals surface area contributed by atoms with Gasteiger partial charge in [-0.05, 0) is 24.3 Å². The third kappa shape index (κ3) is 5.39. The van der Waals surface area contributed by atoms with E-state index in [2.05, 4.69) is 43.4 Å². The minimum Gasteiger partial charge on any atom is -0.352 e. The van der Waals surface area contributed by atoms with Crippen molar-refractivity contribution in [2.24, 2.45) is 5.92 Å². The predicted octanol–water partition coefficient (Wildman–Crippen LogP) is 4.39. The number of rotatable bonds is 6. The lowest BCUT2D eigenvalue weighted by Gasteiger charge is -2.27. The summed E-state index contributed by atoms with van der Waals surface area (Å²) in [7, 11) is 0. The first kappa shape index (κ1) is 16.4. The predicted molar refractivity (Wildman–Crippen MR) is 91.4 cm³/mol. The Morgan fingerprint density at radius 3 is 2.48 bits per heavy atom. The Hall–Kier alpha value is -0.960. The minimum atomic E-state index is 0.0483. The van der Waals surface area contributed by atoms with Crippen molar-refractivity contribution in [2.75, 3.05) is 0 Å². The first-order chi connectivity index (χ1) is 10.2. The van der Waals surface area contributed by atoms with E-state index in [9.17, 15) is 4.79 Å². The zero-order chi connectivity index (χ0) is 15.1. The lowest BCUT2D eigenvalue weighted by Crippen LogP contribution is -2.42. The van der Waals surface area contributed by atoms with Gasteiger partial charge < -0.3 is 5.32 Å². The summed E-state index contributed by atoms with van der Waals surface area (Å²) < 4.78 is 0. The molecule has 21 heavy (non-hydrogen) atoms. The van der Waals surface area contributed by atoms with Crippen molar-refractivity contribution in [1.29, 1.82) is 0 Å². The fourth-order valence-electron chi connectivity index (χ4n) is 2.86. The lowest BCUT2D eigenvalue weighted by atomic mass is 9.95. The van der Waals surface area contributed by atoms with E-state index >= 15 is 0 Å². The Bertz CT molecular complexity index is 426. The number of thioether (sulfide) groups is 1. The molecule has 0 heterocycles. The van der Waals surface area contributed by atoms with Crippen molar-refractivity contribution in [3.8, 4) is 0 Å². The molecule has 0 bridgehead atoms. The van der Waals surface area contributed by atoms with Crippen molar-refractivity contribution in [3.63, 3.8) is 0 Å². The monoisotopic (exact) mass is 305 g/mol. The molecular formula is C18H27NOS. The average molecular weight is 305 g/mol. The van der Waals surface area contributed by atoms with Crippen molar-refractivity contribution >= 4 is 17.7 Å². The molecule has 0 aliphatic heterocycles. The van der Waals surface area contributed by atoms with Gasteiger partial charge in [0.25, 0.3) is 0 Å². The Labute approximate surface area is 133 Å². The second-order valence-corrected chi connectivity index (χ2v) is 7.43. The number of hydrogen-bond acceptors (Lipinski definition) is 2. The molecule has 0 radical (unpaired) electrons. The quantitative estimate of drug-likeness (QED) is 0.844. The summed E-state index contributed by atoms with van der Waals surface area (Å²) in [6.07, 6.45) is 6.14. The molecule has 1 aromatic carbocycles. The number of amides is 1. The van der Waals surface area contributed by atoms with Crippen molar-refractivity contribution in [1.82, 2.24) is 5.32 Å². The van der Waals surface area contributed by atoms with E-state index in [4.69, 9.17) is 0 Å². The van der Waals surface area contributed by atoms with E-state index in [-0.39, 0.29) is 11.2 Å². The largest absolute Gasteiger partial charge is 0.352 e. The highest BCUT2D eigenvalue weighted by molar-refractivity contribution is 7.99. The van der Waals surface area contributed by atoms with E-state index in [1.54, 1.807) is 11.8 Å². The van der Waals surface area contributed by atoms with Gasteiger partial charge in [-0.25, -0.2) is 0 Å².